The lowest BCUT2D eigenvalue weighted by Crippen LogP contribution is -2.31. The second-order valence-corrected chi connectivity index (χ2v) is 10.1. The molecule has 2 saturated carbocycles. The molecule has 0 N–H and O–H groups in total. The zero-order valence-electron chi connectivity index (χ0n) is 19.3. The highest BCUT2D eigenvalue weighted by Gasteiger charge is 2.37. The molecule has 34 heavy (non-hydrogen) atoms. The first kappa shape index (κ1) is 24.8. The van der Waals surface area contributed by atoms with Gasteiger partial charge in [-0.25, -0.2) is 18.0 Å². The Morgan fingerprint density at radius 1 is 1.00 bits per heavy atom. The molecule has 2 aliphatic rings. The Kier molecular flexibility index (Phi) is 8.02. The Morgan fingerprint density at radius 2 is 1.71 bits per heavy atom. The van der Waals surface area contributed by atoms with Crippen molar-refractivity contribution in [1.29, 1.82) is 0 Å². The molecule has 0 bridgehead atoms. The van der Waals surface area contributed by atoms with Crippen LogP contribution >= 0.6 is 11.6 Å². The molecule has 2 aliphatic carbocycles. The van der Waals surface area contributed by atoms with Crippen LogP contribution in [0.15, 0.2) is 42.5 Å². The van der Waals surface area contributed by atoms with Gasteiger partial charge in [0.1, 0.15) is 23.2 Å². The highest BCUT2D eigenvalue weighted by Crippen LogP contribution is 2.49. The Bertz CT molecular complexity index is 1040. The van der Waals surface area contributed by atoms with E-state index in [1.165, 1.54) is 31.4 Å². The predicted octanol–water partition coefficient (Wildman–Crippen LogP) is 8.63. The molecule has 2 aromatic carbocycles. The molecule has 0 heterocycles. The molecule has 4 rings (SSSR count). The van der Waals surface area contributed by atoms with Crippen LogP contribution in [0.4, 0.5) is 13.2 Å². The quantitative estimate of drug-likeness (QED) is 0.230. The van der Waals surface area contributed by atoms with E-state index >= 15 is 8.78 Å². The molecule has 0 aromatic heterocycles. The average Bonchev–Trinajstić information content (AvgIpc) is 2.81. The number of allylic oxidation sites excluding steroid dienone is 2. The molecule has 0 spiro atoms. The maximum absolute atomic E-state index is 15.0. The molecule has 0 aliphatic heterocycles. The summed E-state index contributed by atoms with van der Waals surface area (Å²) >= 11 is 5.63. The summed E-state index contributed by atoms with van der Waals surface area (Å²) in [4.78, 5) is 12.4. The third kappa shape index (κ3) is 5.68. The van der Waals surface area contributed by atoms with E-state index in [2.05, 4.69) is 12.2 Å². The lowest BCUT2D eigenvalue weighted by Gasteiger charge is -2.42. The van der Waals surface area contributed by atoms with E-state index in [-0.39, 0.29) is 27.8 Å². The normalized spacial score (nSPS) is 24.7. The standard InChI is InChI=1S/C28H30ClF3O2/c1-2-3-4-5-17-6-7-19-13-20(9-8-18(19)12-17)27-25(31)14-21(15-26(27)32)28(33)34-22-10-11-23(29)24(30)16-22/h2-3,10-11,14-20H,4-9,12-13H2,1H3/b3-2+. The Balaban J connectivity index is 1.41. The van der Waals surface area contributed by atoms with Crippen molar-refractivity contribution in [2.75, 3.05) is 0 Å². The van der Waals surface area contributed by atoms with Crippen LogP contribution < -0.4 is 4.74 Å². The van der Waals surface area contributed by atoms with Crippen LogP contribution in [-0.2, 0) is 0 Å². The molecule has 0 saturated heterocycles. The third-order valence-corrected chi connectivity index (χ3v) is 7.83. The Morgan fingerprint density at radius 3 is 2.41 bits per heavy atom. The molecular weight excluding hydrogens is 461 g/mol. The van der Waals surface area contributed by atoms with E-state index in [1.807, 2.05) is 6.92 Å². The summed E-state index contributed by atoms with van der Waals surface area (Å²) in [5.41, 5.74) is -0.174. The Labute approximate surface area is 204 Å². The number of rotatable bonds is 6. The van der Waals surface area contributed by atoms with Gasteiger partial charge < -0.3 is 4.74 Å². The van der Waals surface area contributed by atoms with E-state index < -0.39 is 23.4 Å². The number of carbonyl (C=O) groups excluding carboxylic acids is 1. The Hall–Kier alpha value is -2.27. The van der Waals surface area contributed by atoms with Crippen molar-refractivity contribution in [2.45, 2.75) is 64.2 Å². The number of hydrogen-bond acceptors (Lipinski definition) is 2. The molecule has 2 aromatic rings. The van der Waals surface area contributed by atoms with Crippen molar-refractivity contribution in [3.63, 3.8) is 0 Å². The van der Waals surface area contributed by atoms with E-state index in [0.717, 1.165) is 56.2 Å². The summed E-state index contributed by atoms with van der Waals surface area (Å²) in [6, 6.07) is 5.57. The molecule has 2 nitrogen and oxygen atoms in total. The summed E-state index contributed by atoms with van der Waals surface area (Å²) in [5, 5.41) is -0.113. The molecule has 4 atom stereocenters. The van der Waals surface area contributed by atoms with Gasteiger partial charge in [-0.15, -0.1) is 0 Å². The fourth-order valence-corrected chi connectivity index (χ4v) is 5.93. The SMILES string of the molecule is C/C=C/CCC1CCC2CC(c3c(F)cc(C(=O)Oc4ccc(Cl)c(F)c4)cc3F)CCC2C1. The number of esters is 1. The first-order chi connectivity index (χ1) is 16.4. The van der Waals surface area contributed by atoms with E-state index in [9.17, 15) is 9.18 Å². The van der Waals surface area contributed by atoms with Gasteiger partial charge in [0.25, 0.3) is 0 Å². The number of hydrogen-bond donors (Lipinski definition) is 0. The summed E-state index contributed by atoms with van der Waals surface area (Å²) in [5.74, 6) is -1.53. The topological polar surface area (TPSA) is 26.3 Å². The van der Waals surface area contributed by atoms with Crippen LogP contribution in [0.3, 0.4) is 0 Å². The van der Waals surface area contributed by atoms with Crippen LogP contribution in [0.2, 0.25) is 5.02 Å². The predicted molar refractivity (Wildman–Crippen MR) is 128 cm³/mol. The number of carbonyl (C=O) groups is 1. The van der Waals surface area contributed by atoms with Crippen LogP contribution in [-0.4, -0.2) is 5.97 Å². The fourth-order valence-electron chi connectivity index (χ4n) is 5.81. The first-order valence-corrected chi connectivity index (χ1v) is 12.5. The largest absolute Gasteiger partial charge is 0.423 e. The van der Waals surface area contributed by atoms with E-state index in [4.69, 9.17) is 16.3 Å². The minimum Gasteiger partial charge on any atom is -0.423 e. The van der Waals surface area contributed by atoms with Gasteiger partial charge in [-0.1, -0.05) is 30.2 Å². The highest BCUT2D eigenvalue weighted by atomic mass is 35.5. The fraction of sp³-hybridized carbons (Fsp3) is 0.464. The van der Waals surface area contributed by atoms with Gasteiger partial charge in [-0.2, -0.15) is 0 Å². The van der Waals surface area contributed by atoms with Crippen molar-refractivity contribution in [2.24, 2.45) is 17.8 Å². The lowest BCUT2D eigenvalue weighted by atomic mass is 9.63. The molecule has 2 fully saturated rings. The van der Waals surface area contributed by atoms with E-state index in [1.54, 1.807) is 0 Å². The van der Waals surface area contributed by atoms with Crippen LogP contribution in [0.25, 0.3) is 0 Å². The maximum atomic E-state index is 15.0. The summed E-state index contributed by atoms with van der Waals surface area (Å²) < 4.78 is 48.7. The van der Waals surface area contributed by atoms with Crippen molar-refractivity contribution in [3.05, 3.63) is 76.1 Å². The van der Waals surface area contributed by atoms with E-state index in [0.29, 0.717) is 11.8 Å². The maximum Gasteiger partial charge on any atom is 0.343 e. The second-order valence-electron chi connectivity index (χ2n) is 9.67. The number of benzene rings is 2. The molecule has 182 valence electrons. The highest BCUT2D eigenvalue weighted by molar-refractivity contribution is 6.30. The van der Waals surface area contributed by atoms with Gasteiger partial charge >= 0.3 is 5.97 Å². The average molecular weight is 491 g/mol. The minimum atomic E-state index is -0.953. The molecule has 0 amide bonds. The minimum absolute atomic E-state index is 0.0720. The number of ether oxygens (including phenoxy) is 1. The smallest absolute Gasteiger partial charge is 0.343 e. The zero-order valence-corrected chi connectivity index (χ0v) is 20.1. The second kappa shape index (κ2) is 11.0. The van der Waals surface area contributed by atoms with Crippen molar-refractivity contribution >= 4 is 17.6 Å². The summed E-state index contributed by atoms with van der Waals surface area (Å²) in [7, 11) is 0. The zero-order chi connectivity index (χ0) is 24.2. The lowest BCUT2D eigenvalue weighted by molar-refractivity contribution is 0.0733. The first-order valence-electron chi connectivity index (χ1n) is 12.1. The van der Waals surface area contributed by atoms with Crippen molar-refractivity contribution in [1.82, 2.24) is 0 Å². The molecule has 0 radical (unpaired) electrons. The van der Waals surface area contributed by atoms with Crippen molar-refractivity contribution in [3.8, 4) is 5.75 Å². The number of fused-ring (bicyclic) bond motifs is 1. The van der Waals surface area contributed by atoms with Crippen molar-refractivity contribution < 1.29 is 22.7 Å². The monoisotopic (exact) mass is 490 g/mol. The van der Waals surface area contributed by atoms with Gasteiger partial charge in [-0.3, -0.25) is 0 Å². The number of halogens is 4. The third-order valence-electron chi connectivity index (χ3n) is 7.52. The van der Waals surface area contributed by atoms with Crippen LogP contribution in [0, 0.1) is 35.2 Å². The summed E-state index contributed by atoms with van der Waals surface area (Å²) in [6.45, 7) is 2.05. The van der Waals surface area contributed by atoms with Gasteiger partial charge in [0, 0.05) is 11.6 Å². The van der Waals surface area contributed by atoms with Crippen LogP contribution in [0.1, 0.15) is 80.1 Å². The van der Waals surface area contributed by atoms with Gasteiger partial charge in [-0.05, 0) is 99.8 Å². The van der Waals surface area contributed by atoms with Crippen LogP contribution in [0.5, 0.6) is 5.75 Å². The molecular formula is C28H30ClF3O2. The molecule has 6 heteroatoms. The molecule has 4 unspecified atom stereocenters. The van der Waals surface area contributed by atoms with Gasteiger partial charge in [0.15, 0.2) is 0 Å². The van der Waals surface area contributed by atoms with Gasteiger partial charge in [0.05, 0.1) is 10.6 Å². The van der Waals surface area contributed by atoms with Gasteiger partial charge in [0.2, 0.25) is 0 Å². The summed E-state index contributed by atoms with van der Waals surface area (Å²) in [6.07, 6.45) is 12.7.